The first kappa shape index (κ1) is 48.3. The summed E-state index contributed by atoms with van der Waals surface area (Å²) < 4.78 is 64.3. The monoisotopic (exact) mass is 1200 g/mol. The van der Waals surface area contributed by atoms with E-state index in [2.05, 4.69) is 183 Å². The largest absolute Gasteiger partial charge is 3.00 e. The topological polar surface area (TPSA) is 38.7 Å². The Morgan fingerprint density at radius 3 is 1.45 bits per heavy atom. The Kier molecular flexibility index (Phi) is 14.9. The van der Waals surface area contributed by atoms with Crippen molar-refractivity contribution < 1.29 is 29.7 Å². The van der Waals surface area contributed by atoms with Crippen LogP contribution in [0.15, 0.2) is 146 Å². The van der Waals surface area contributed by atoms with Gasteiger partial charge in [-0.05, 0) is 170 Å². The van der Waals surface area contributed by atoms with Gasteiger partial charge in [-0.25, -0.2) is 0 Å². The molecule has 1 saturated carbocycles. The van der Waals surface area contributed by atoms with Crippen LogP contribution in [0.4, 0.5) is 0 Å². The number of benzene rings is 5. The van der Waals surface area contributed by atoms with Gasteiger partial charge in [0.1, 0.15) is 0 Å². The van der Waals surface area contributed by atoms with E-state index in [-0.39, 0.29) is 47.6 Å². The number of hydrogen-bond acceptors (Lipinski definition) is 3. The second-order valence-corrected chi connectivity index (χ2v) is 25.3. The van der Waals surface area contributed by atoms with E-state index in [0.29, 0.717) is 41.5 Å². The van der Waals surface area contributed by atoms with Gasteiger partial charge < -0.3 is 15.0 Å². The molecule has 0 saturated heterocycles. The molecule has 0 radical (unpaired) electrons. The molecular formula is C73H82IrN3. The van der Waals surface area contributed by atoms with Crippen molar-refractivity contribution in [3.05, 3.63) is 220 Å². The fourth-order valence-electron chi connectivity index (χ4n) is 11.1. The SMILES string of the molecule is [2H]C([2H])([2H])c1cnc(-c2[c-]cc(C([2H])([2H])C([2H])([2H])c3cc(CC(C)(C)c4c[c-]c(-c5cc(C(C)(C)C)ccn5)cc4)cc(CC(C)(C)c4c[c-]c(-c5cc(C(C)(C)C)ccn5)cc4)c3)cc2)cc1-c1ccc(C2CCC(C(C)C)CC2)cc1.[Ir+3]. The van der Waals surface area contributed by atoms with E-state index in [9.17, 15) is 5.48 Å². The zero-order chi connectivity index (χ0) is 60.1. The maximum absolute atomic E-state index is 9.83. The van der Waals surface area contributed by atoms with E-state index in [1.807, 2.05) is 48.8 Å². The van der Waals surface area contributed by atoms with Gasteiger partial charge in [-0.3, -0.25) is 0 Å². The summed E-state index contributed by atoms with van der Waals surface area (Å²) in [5.41, 5.74) is 13.1. The Morgan fingerprint density at radius 1 is 0.519 bits per heavy atom. The number of aryl methyl sites for hydroxylation is 3. The molecule has 4 heteroatoms. The Balaban J connectivity index is 0.00000920. The summed E-state index contributed by atoms with van der Waals surface area (Å²) in [5, 5.41) is 0. The molecule has 0 bridgehead atoms. The Hall–Kier alpha value is -5.80. The van der Waals surface area contributed by atoms with Crippen LogP contribution in [-0.2, 0) is 67.4 Å². The summed E-state index contributed by atoms with van der Waals surface area (Å²) >= 11 is 0. The van der Waals surface area contributed by atoms with Crippen molar-refractivity contribution in [2.75, 3.05) is 0 Å². The first-order chi connectivity index (χ1) is 38.8. The van der Waals surface area contributed by atoms with Crippen molar-refractivity contribution in [1.82, 2.24) is 15.0 Å². The van der Waals surface area contributed by atoms with E-state index in [1.54, 1.807) is 18.2 Å². The minimum Gasteiger partial charge on any atom is -0.305 e. The molecular weight excluding hydrogens is 1110 g/mol. The van der Waals surface area contributed by atoms with Gasteiger partial charge in [0.25, 0.3) is 0 Å². The third-order valence-electron chi connectivity index (χ3n) is 16.1. The van der Waals surface area contributed by atoms with E-state index < -0.39 is 30.4 Å². The molecule has 0 atom stereocenters. The van der Waals surface area contributed by atoms with Crippen LogP contribution < -0.4 is 0 Å². The van der Waals surface area contributed by atoms with Crippen molar-refractivity contribution in [3.63, 3.8) is 0 Å². The minimum absolute atomic E-state index is 0. The van der Waals surface area contributed by atoms with E-state index in [4.69, 9.17) is 4.11 Å². The molecule has 1 fully saturated rings. The Morgan fingerprint density at radius 2 is 1.00 bits per heavy atom. The maximum Gasteiger partial charge on any atom is 3.00 e. The summed E-state index contributed by atoms with van der Waals surface area (Å²) in [7, 11) is 0. The number of aromatic nitrogens is 3. The zero-order valence-corrected chi connectivity index (χ0v) is 49.9. The zero-order valence-electron chi connectivity index (χ0n) is 54.5. The first-order valence-electron chi connectivity index (χ1n) is 31.1. The second kappa shape index (κ2) is 23.7. The predicted molar refractivity (Wildman–Crippen MR) is 320 cm³/mol. The third kappa shape index (κ3) is 14.1. The molecule has 0 unspecified atom stereocenters. The van der Waals surface area contributed by atoms with Gasteiger partial charge in [-0.15, -0.1) is 106 Å². The predicted octanol–water partition coefficient (Wildman–Crippen LogP) is 18.6. The van der Waals surface area contributed by atoms with Gasteiger partial charge in [0, 0.05) is 28.2 Å². The molecule has 3 aromatic heterocycles. The van der Waals surface area contributed by atoms with Gasteiger partial charge in [0.15, 0.2) is 0 Å². The van der Waals surface area contributed by atoms with Gasteiger partial charge in [0.2, 0.25) is 0 Å². The van der Waals surface area contributed by atoms with Crippen molar-refractivity contribution in [2.24, 2.45) is 11.8 Å². The van der Waals surface area contributed by atoms with Crippen LogP contribution >= 0.6 is 0 Å². The molecule has 0 aliphatic heterocycles. The van der Waals surface area contributed by atoms with E-state index in [0.717, 1.165) is 69.1 Å². The van der Waals surface area contributed by atoms with Crippen molar-refractivity contribution in [2.45, 2.75) is 169 Å². The maximum atomic E-state index is 9.83. The summed E-state index contributed by atoms with van der Waals surface area (Å²) in [4.78, 5) is 14.0. The number of pyridine rings is 3. The average molecular weight is 1200 g/mol. The molecule has 3 heterocycles. The smallest absolute Gasteiger partial charge is 0.305 e. The number of hydrogen-bond donors (Lipinski definition) is 0. The van der Waals surface area contributed by atoms with Crippen molar-refractivity contribution in [3.8, 4) is 44.9 Å². The third-order valence-corrected chi connectivity index (χ3v) is 16.1. The van der Waals surface area contributed by atoms with Crippen LogP contribution in [0.1, 0.15) is 180 Å². The van der Waals surface area contributed by atoms with E-state index >= 15 is 0 Å². The molecule has 77 heavy (non-hydrogen) atoms. The quantitative estimate of drug-likeness (QED) is 0.0960. The van der Waals surface area contributed by atoms with Crippen LogP contribution in [0.5, 0.6) is 0 Å². The van der Waals surface area contributed by atoms with Crippen molar-refractivity contribution >= 4 is 0 Å². The molecule has 3 nitrogen and oxygen atoms in total. The van der Waals surface area contributed by atoms with Gasteiger partial charge in [-0.1, -0.05) is 150 Å². The molecule has 0 N–H and O–H groups in total. The molecule has 1 aliphatic carbocycles. The van der Waals surface area contributed by atoms with Gasteiger partial charge in [0.05, 0.1) is 0 Å². The fourth-order valence-corrected chi connectivity index (χ4v) is 11.1. The molecule has 9 rings (SSSR count). The normalized spacial score (nSPS) is 17.2. The Bertz CT molecular complexity index is 3410. The number of nitrogens with zero attached hydrogens (tertiary/aromatic N) is 3. The van der Waals surface area contributed by atoms with Crippen LogP contribution in [0.2, 0.25) is 0 Å². The summed E-state index contributed by atoms with van der Waals surface area (Å²) in [6, 6.07) is 51.9. The molecule has 0 spiro atoms. The molecule has 398 valence electrons. The first-order valence-corrected chi connectivity index (χ1v) is 27.6. The van der Waals surface area contributed by atoms with Crippen LogP contribution in [0.3, 0.4) is 0 Å². The van der Waals surface area contributed by atoms with Gasteiger partial charge in [-0.2, -0.15) is 0 Å². The molecule has 8 aromatic rings. The summed E-state index contributed by atoms with van der Waals surface area (Å²) in [6.07, 6.45) is 5.94. The Labute approximate surface area is 487 Å². The minimum atomic E-state index is -2.52. The van der Waals surface area contributed by atoms with Crippen LogP contribution in [0.25, 0.3) is 44.9 Å². The summed E-state index contributed by atoms with van der Waals surface area (Å²) in [5.74, 6) is 1.94. The van der Waals surface area contributed by atoms with Crippen LogP contribution in [0, 0.1) is 36.9 Å². The molecule has 0 amide bonds. The van der Waals surface area contributed by atoms with Crippen LogP contribution in [-0.4, -0.2) is 15.0 Å². The van der Waals surface area contributed by atoms with Gasteiger partial charge >= 0.3 is 20.1 Å². The molecule has 1 aliphatic rings. The fraction of sp³-hybridized carbons (Fsp3) is 0.384. The summed E-state index contributed by atoms with van der Waals surface area (Å²) in [6.45, 7) is 24.1. The second-order valence-electron chi connectivity index (χ2n) is 25.3. The molecule has 5 aromatic carbocycles. The number of rotatable bonds is 15. The van der Waals surface area contributed by atoms with E-state index in [1.165, 1.54) is 41.8 Å². The average Bonchev–Trinajstić information content (AvgIpc) is 3.65. The standard InChI is InChI=1S/C73H82N3.Ir/c1-49(2)55-20-22-56(23-21-55)57-24-26-58(27-25-57)66-45-69(76-48-50(66)3)59-18-16-51(17-19-59)14-15-52-40-53(46-72(10,11)62-32-28-60(29-33-62)67-43-64(36-38-74-67)70(4,5)6)42-54(41-52)47-73(12,13)63-34-30-61(31-35-63)68-44-65(37-39-75-68)71(7,8)9;/h16-18,24-28,30,32-45,48-49,55-56H,14-15,20-23,46-47H2,1-13H3;/q-3;+3/i3D3,14D2,15D2;. The van der Waals surface area contributed by atoms with Crippen molar-refractivity contribution in [1.29, 1.82) is 0 Å².